The Morgan fingerprint density at radius 2 is 1.79 bits per heavy atom. The molecule has 0 unspecified atom stereocenters. The van der Waals surface area contributed by atoms with Crippen molar-refractivity contribution in [2.75, 3.05) is 14.2 Å². The topological polar surface area (TPSA) is 29.5 Å². The summed E-state index contributed by atoms with van der Waals surface area (Å²) in [4.78, 5) is 13.8. The average Bonchev–Trinajstić information content (AvgIpc) is 2.18. The van der Waals surface area contributed by atoms with Gasteiger partial charge in [0.15, 0.2) is 0 Å². The Labute approximate surface area is 87.4 Å². The van der Waals surface area contributed by atoms with E-state index in [0.29, 0.717) is 6.04 Å². The Balaban J connectivity index is 4.52. The first-order chi connectivity index (χ1) is 6.40. The molecule has 0 heterocycles. The van der Waals surface area contributed by atoms with Crippen LogP contribution in [-0.2, 0) is 9.53 Å². The van der Waals surface area contributed by atoms with Gasteiger partial charge in [-0.2, -0.15) is 0 Å². The molecule has 0 atom stereocenters. The van der Waals surface area contributed by atoms with Crippen molar-refractivity contribution in [2.45, 2.75) is 52.2 Å². The molecule has 0 radical (unpaired) electrons. The van der Waals surface area contributed by atoms with E-state index in [2.05, 4.69) is 13.8 Å². The number of nitrogens with zero attached hydrogens (tertiary/aromatic N) is 1. The van der Waals surface area contributed by atoms with Gasteiger partial charge in [-0.15, -0.1) is 0 Å². The second-order valence-corrected chi connectivity index (χ2v) is 4.10. The lowest BCUT2D eigenvalue weighted by molar-refractivity contribution is -0.151. The number of ether oxygens (including phenoxy) is 1. The number of likely N-dealkylation sites (N-methyl/N-ethyl adjacent to an activating group) is 1. The quantitative estimate of drug-likeness (QED) is 0.681. The Hall–Kier alpha value is -0.570. The van der Waals surface area contributed by atoms with Gasteiger partial charge in [0.05, 0.1) is 0 Å². The highest BCUT2D eigenvalue weighted by molar-refractivity contribution is 5.84. The van der Waals surface area contributed by atoms with Gasteiger partial charge in [-0.1, -0.05) is 13.8 Å². The second-order valence-electron chi connectivity index (χ2n) is 4.10. The highest BCUT2D eigenvalue weighted by atomic mass is 16.5. The zero-order chi connectivity index (χ0) is 11.4. The van der Waals surface area contributed by atoms with Crippen LogP contribution in [0.1, 0.15) is 40.5 Å². The molecule has 0 aromatic heterocycles. The Morgan fingerprint density at radius 3 is 2.07 bits per heavy atom. The van der Waals surface area contributed by atoms with Crippen LogP contribution < -0.4 is 0 Å². The van der Waals surface area contributed by atoms with Crippen molar-refractivity contribution in [3.05, 3.63) is 0 Å². The number of carbonyl (C=O) groups is 1. The predicted octanol–water partition coefficient (Wildman–Crippen LogP) is 2.06. The summed E-state index contributed by atoms with van der Waals surface area (Å²) in [5.41, 5.74) is -0.711. The largest absolute Gasteiger partial charge is 0.369 e. The number of hydrogen-bond donors (Lipinski definition) is 0. The molecule has 0 aliphatic heterocycles. The van der Waals surface area contributed by atoms with Gasteiger partial charge >= 0.3 is 0 Å². The molecule has 84 valence electrons. The SMILES string of the molecule is CCC(CC)N(C)C(=O)C(C)(C)OC. The van der Waals surface area contributed by atoms with E-state index in [1.165, 1.54) is 0 Å². The van der Waals surface area contributed by atoms with Gasteiger partial charge in [0.25, 0.3) is 5.91 Å². The third kappa shape index (κ3) is 2.98. The van der Waals surface area contributed by atoms with Crippen LogP contribution in [0.15, 0.2) is 0 Å². The Morgan fingerprint density at radius 1 is 1.36 bits per heavy atom. The molecule has 3 nitrogen and oxygen atoms in total. The van der Waals surface area contributed by atoms with Gasteiger partial charge < -0.3 is 9.64 Å². The second kappa shape index (κ2) is 5.35. The van der Waals surface area contributed by atoms with E-state index in [0.717, 1.165) is 12.8 Å². The van der Waals surface area contributed by atoms with E-state index < -0.39 is 5.60 Å². The van der Waals surface area contributed by atoms with Crippen molar-refractivity contribution in [3.8, 4) is 0 Å². The molecule has 14 heavy (non-hydrogen) atoms. The first-order valence-corrected chi connectivity index (χ1v) is 5.23. The fraction of sp³-hybridized carbons (Fsp3) is 0.909. The lowest BCUT2D eigenvalue weighted by Gasteiger charge is -2.33. The number of methoxy groups -OCH3 is 1. The fourth-order valence-electron chi connectivity index (χ4n) is 1.51. The van der Waals surface area contributed by atoms with Crippen molar-refractivity contribution in [2.24, 2.45) is 0 Å². The highest BCUT2D eigenvalue weighted by Gasteiger charge is 2.32. The normalized spacial score (nSPS) is 11.9. The van der Waals surface area contributed by atoms with E-state index in [1.807, 2.05) is 7.05 Å². The molecule has 0 bridgehead atoms. The maximum atomic E-state index is 12.0. The number of carbonyl (C=O) groups excluding carboxylic acids is 1. The maximum Gasteiger partial charge on any atom is 0.254 e. The first kappa shape index (κ1) is 13.4. The molecule has 0 fully saturated rings. The monoisotopic (exact) mass is 201 g/mol. The summed E-state index contributed by atoms with van der Waals surface area (Å²) in [5, 5.41) is 0. The zero-order valence-electron chi connectivity index (χ0n) is 10.3. The summed E-state index contributed by atoms with van der Waals surface area (Å²) >= 11 is 0. The molecular formula is C11H23NO2. The van der Waals surface area contributed by atoms with E-state index in [4.69, 9.17) is 4.74 Å². The number of amides is 1. The predicted molar refractivity (Wildman–Crippen MR) is 58.2 cm³/mol. The average molecular weight is 201 g/mol. The smallest absolute Gasteiger partial charge is 0.254 e. The highest BCUT2D eigenvalue weighted by Crippen LogP contribution is 2.15. The standard InChI is InChI=1S/C11H23NO2/c1-7-9(8-2)12(5)10(13)11(3,4)14-6/h9H,7-8H2,1-6H3. The molecule has 0 spiro atoms. The van der Waals surface area contributed by atoms with Gasteiger partial charge in [-0.05, 0) is 26.7 Å². The lowest BCUT2D eigenvalue weighted by atomic mass is 10.0. The lowest BCUT2D eigenvalue weighted by Crippen LogP contribution is -2.48. The minimum absolute atomic E-state index is 0.0497. The van der Waals surface area contributed by atoms with Crippen LogP contribution in [0.5, 0.6) is 0 Å². The van der Waals surface area contributed by atoms with Crippen LogP contribution in [0.2, 0.25) is 0 Å². The molecule has 0 saturated carbocycles. The van der Waals surface area contributed by atoms with Crippen LogP contribution in [0, 0.1) is 0 Å². The van der Waals surface area contributed by atoms with Crippen LogP contribution in [0.4, 0.5) is 0 Å². The molecule has 0 aromatic carbocycles. The van der Waals surface area contributed by atoms with Crippen molar-refractivity contribution in [1.82, 2.24) is 4.90 Å². The summed E-state index contributed by atoms with van der Waals surface area (Å²) in [7, 11) is 3.42. The molecule has 0 saturated heterocycles. The van der Waals surface area contributed by atoms with Crippen LogP contribution in [0.3, 0.4) is 0 Å². The van der Waals surface area contributed by atoms with Crippen LogP contribution in [-0.4, -0.2) is 36.6 Å². The minimum Gasteiger partial charge on any atom is -0.369 e. The zero-order valence-corrected chi connectivity index (χ0v) is 10.3. The van der Waals surface area contributed by atoms with E-state index >= 15 is 0 Å². The van der Waals surface area contributed by atoms with Gasteiger partial charge in [-0.3, -0.25) is 4.79 Å². The van der Waals surface area contributed by atoms with E-state index in [9.17, 15) is 4.79 Å². The van der Waals surface area contributed by atoms with Gasteiger partial charge in [0.1, 0.15) is 5.60 Å². The van der Waals surface area contributed by atoms with Crippen molar-refractivity contribution < 1.29 is 9.53 Å². The summed E-state index contributed by atoms with van der Waals surface area (Å²) in [5.74, 6) is 0.0497. The third-order valence-corrected chi connectivity index (χ3v) is 2.84. The van der Waals surface area contributed by atoms with E-state index in [1.54, 1.807) is 25.9 Å². The first-order valence-electron chi connectivity index (χ1n) is 5.23. The summed E-state index contributed by atoms with van der Waals surface area (Å²) in [6.45, 7) is 7.79. The minimum atomic E-state index is -0.711. The van der Waals surface area contributed by atoms with Crippen molar-refractivity contribution in [1.29, 1.82) is 0 Å². The molecular weight excluding hydrogens is 178 g/mol. The number of rotatable bonds is 5. The molecule has 0 rings (SSSR count). The molecule has 0 aliphatic carbocycles. The van der Waals surface area contributed by atoms with Gasteiger partial charge in [0.2, 0.25) is 0 Å². The maximum absolute atomic E-state index is 12.0. The molecule has 0 aliphatic rings. The third-order valence-electron chi connectivity index (χ3n) is 2.84. The Kier molecular flexibility index (Phi) is 5.13. The molecule has 0 N–H and O–H groups in total. The molecule has 0 aromatic rings. The summed E-state index contributed by atoms with van der Waals surface area (Å²) in [6, 6.07) is 0.317. The van der Waals surface area contributed by atoms with Gasteiger partial charge in [-0.25, -0.2) is 0 Å². The molecule has 1 amide bonds. The van der Waals surface area contributed by atoms with E-state index in [-0.39, 0.29) is 5.91 Å². The van der Waals surface area contributed by atoms with Gasteiger partial charge in [0, 0.05) is 20.2 Å². The summed E-state index contributed by atoms with van der Waals surface area (Å²) < 4.78 is 5.17. The molecule has 3 heteroatoms. The summed E-state index contributed by atoms with van der Waals surface area (Å²) in [6.07, 6.45) is 1.97. The van der Waals surface area contributed by atoms with Crippen LogP contribution >= 0.6 is 0 Å². The number of hydrogen-bond acceptors (Lipinski definition) is 2. The van der Waals surface area contributed by atoms with Crippen molar-refractivity contribution >= 4 is 5.91 Å². The fourth-order valence-corrected chi connectivity index (χ4v) is 1.51. The Bertz CT molecular complexity index is 186. The van der Waals surface area contributed by atoms with Crippen molar-refractivity contribution in [3.63, 3.8) is 0 Å². The van der Waals surface area contributed by atoms with Crippen LogP contribution in [0.25, 0.3) is 0 Å².